The molecule has 0 unspecified atom stereocenters. The fourth-order valence-corrected chi connectivity index (χ4v) is 1.46. The van der Waals surface area contributed by atoms with Gasteiger partial charge in [-0.05, 0) is 12.1 Å². The Balaban J connectivity index is 1.92. The number of amides is 2. The lowest BCUT2D eigenvalue weighted by molar-refractivity contribution is -0.134. The number of carbonyl (C=O) groups excluding carboxylic acids is 2. The number of carbonyl (C=O) groups is 2. The molecular weight excluding hydrogens is 260 g/mol. The van der Waals surface area contributed by atoms with E-state index < -0.39 is 17.9 Å². The molecule has 2 N–H and O–H groups in total. The third-order valence-electron chi connectivity index (χ3n) is 2.25. The smallest absolute Gasteiger partial charge is 0.283 e. The van der Waals surface area contributed by atoms with Gasteiger partial charge in [0.05, 0.1) is 0 Å². The first kappa shape index (κ1) is 12.5. The number of fused-ring (bicyclic) bond motifs is 1. The molecule has 0 bridgehead atoms. The molecule has 7 heteroatoms. The number of benzene rings is 1. The zero-order valence-corrected chi connectivity index (χ0v) is 10.1. The van der Waals surface area contributed by atoms with Crippen LogP contribution in [0.3, 0.4) is 0 Å². The van der Waals surface area contributed by atoms with Gasteiger partial charge in [-0.25, -0.2) is 0 Å². The third-order valence-corrected chi connectivity index (χ3v) is 2.49. The van der Waals surface area contributed by atoms with Crippen molar-refractivity contribution in [1.29, 1.82) is 0 Å². The van der Waals surface area contributed by atoms with Gasteiger partial charge in [0.15, 0.2) is 11.5 Å². The number of ether oxygens (including phenoxy) is 2. The zero-order valence-electron chi connectivity index (χ0n) is 9.31. The van der Waals surface area contributed by atoms with Gasteiger partial charge in [-0.2, -0.15) is 0 Å². The molecule has 2 rings (SSSR count). The quantitative estimate of drug-likeness (QED) is 0.595. The fourth-order valence-electron chi connectivity index (χ4n) is 1.39. The number of rotatable bonds is 2. The maximum atomic E-state index is 11.7. The Hall–Kier alpha value is -1.95. The van der Waals surface area contributed by atoms with Gasteiger partial charge in [0.25, 0.3) is 11.8 Å². The number of halogens is 1. The average molecular weight is 271 g/mol. The van der Waals surface area contributed by atoms with Crippen LogP contribution in [0, 0.1) is 0 Å². The van der Waals surface area contributed by atoms with Gasteiger partial charge in [-0.1, -0.05) is 12.1 Å². The van der Waals surface area contributed by atoms with Crippen molar-refractivity contribution in [3.05, 3.63) is 24.3 Å². The molecule has 0 aliphatic carbocycles. The highest BCUT2D eigenvalue weighted by Gasteiger charge is 2.27. The monoisotopic (exact) mass is 270 g/mol. The highest BCUT2D eigenvalue weighted by Crippen LogP contribution is 2.30. The first-order chi connectivity index (χ1) is 8.70. The van der Waals surface area contributed by atoms with Gasteiger partial charge >= 0.3 is 0 Å². The van der Waals surface area contributed by atoms with E-state index >= 15 is 0 Å². The number of nitrogens with one attached hydrogen (secondary N) is 2. The van der Waals surface area contributed by atoms with Crippen molar-refractivity contribution < 1.29 is 19.1 Å². The van der Waals surface area contributed by atoms with E-state index in [0.717, 1.165) is 0 Å². The Morgan fingerprint density at radius 1 is 1.28 bits per heavy atom. The Kier molecular flexibility index (Phi) is 3.88. The van der Waals surface area contributed by atoms with Crippen LogP contribution in [-0.4, -0.2) is 30.4 Å². The summed E-state index contributed by atoms with van der Waals surface area (Å²) in [6.45, 7) is 0.0829. The van der Waals surface area contributed by atoms with E-state index in [0.29, 0.717) is 11.5 Å². The van der Waals surface area contributed by atoms with Gasteiger partial charge in [0.2, 0.25) is 6.10 Å². The van der Waals surface area contributed by atoms with E-state index in [-0.39, 0.29) is 12.5 Å². The minimum Gasteiger partial charge on any atom is -0.485 e. The van der Waals surface area contributed by atoms with Crippen molar-refractivity contribution in [2.24, 2.45) is 0 Å². The molecule has 0 radical (unpaired) electrons. The molecule has 18 heavy (non-hydrogen) atoms. The van der Waals surface area contributed by atoms with Crippen molar-refractivity contribution >= 4 is 23.4 Å². The predicted molar refractivity (Wildman–Crippen MR) is 63.4 cm³/mol. The van der Waals surface area contributed by atoms with Crippen LogP contribution in [0.2, 0.25) is 0 Å². The van der Waals surface area contributed by atoms with Crippen LogP contribution in [-0.2, 0) is 9.59 Å². The first-order valence-electron chi connectivity index (χ1n) is 5.24. The predicted octanol–water partition coefficient (Wildman–Crippen LogP) is 0.213. The highest BCUT2D eigenvalue weighted by molar-refractivity contribution is 6.27. The van der Waals surface area contributed by atoms with Gasteiger partial charge in [-0.3, -0.25) is 20.4 Å². The van der Waals surface area contributed by atoms with Crippen molar-refractivity contribution in [2.45, 2.75) is 6.10 Å². The summed E-state index contributed by atoms with van der Waals surface area (Å²) in [4.78, 5) is 22.5. The second-order valence-corrected chi connectivity index (χ2v) is 3.80. The number of hydrazine groups is 1. The van der Waals surface area contributed by atoms with E-state index in [4.69, 9.17) is 21.1 Å². The van der Waals surface area contributed by atoms with Gasteiger partial charge < -0.3 is 9.47 Å². The number of alkyl halides is 1. The Bertz CT molecular complexity index is 466. The average Bonchev–Trinajstić information content (AvgIpc) is 2.43. The lowest BCUT2D eigenvalue weighted by Gasteiger charge is -2.25. The molecule has 1 aromatic carbocycles. The molecule has 1 atom stereocenters. The molecule has 1 aliphatic heterocycles. The Morgan fingerprint density at radius 2 is 2.00 bits per heavy atom. The van der Waals surface area contributed by atoms with E-state index in [9.17, 15) is 9.59 Å². The lowest BCUT2D eigenvalue weighted by Crippen LogP contribution is -2.51. The second-order valence-electron chi connectivity index (χ2n) is 3.54. The Labute approximate surface area is 108 Å². The molecule has 1 aromatic rings. The molecular formula is C11H11ClN2O4. The minimum absolute atomic E-state index is 0.0829. The van der Waals surface area contributed by atoms with E-state index in [1.165, 1.54) is 0 Å². The molecule has 6 nitrogen and oxygen atoms in total. The largest absolute Gasteiger partial charge is 0.485 e. The molecule has 0 aromatic heterocycles. The first-order valence-corrected chi connectivity index (χ1v) is 5.77. The summed E-state index contributed by atoms with van der Waals surface area (Å²) < 4.78 is 10.8. The van der Waals surface area contributed by atoms with Crippen LogP contribution >= 0.6 is 11.6 Å². The highest BCUT2D eigenvalue weighted by atomic mass is 35.5. The van der Waals surface area contributed by atoms with E-state index in [1.807, 2.05) is 6.07 Å². The van der Waals surface area contributed by atoms with Crippen molar-refractivity contribution in [3.63, 3.8) is 0 Å². The fraction of sp³-hybridized carbons (Fsp3) is 0.273. The molecule has 0 saturated heterocycles. The van der Waals surface area contributed by atoms with Gasteiger partial charge in [-0.15, -0.1) is 11.6 Å². The maximum Gasteiger partial charge on any atom is 0.283 e. The third kappa shape index (κ3) is 2.84. The van der Waals surface area contributed by atoms with Crippen molar-refractivity contribution in [3.8, 4) is 11.5 Å². The van der Waals surface area contributed by atoms with Crippen LogP contribution in [0.1, 0.15) is 0 Å². The minimum atomic E-state index is -0.810. The maximum absolute atomic E-state index is 11.7. The summed E-state index contributed by atoms with van der Waals surface area (Å²) >= 11 is 5.27. The standard InChI is InChI=1S/C11H11ClN2O4/c12-5-10(15)13-14-11(16)9-6-17-7-3-1-2-4-8(7)18-9/h1-4,9H,5-6H2,(H,13,15)(H,14,16)/t9-/m0/s1. The van der Waals surface area contributed by atoms with Crippen LogP contribution in [0.15, 0.2) is 24.3 Å². The molecule has 0 spiro atoms. The van der Waals surface area contributed by atoms with Crippen LogP contribution in [0.5, 0.6) is 11.5 Å². The summed E-state index contributed by atoms with van der Waals surface area (Å²) in [6.07, 6.45) is -0.810. The molecule has 2 amide bonds. The normalized spacial score (nSPS) is 16.8. The lowest BCUT2D eigenvalue weighted by atomic mass is 10.2. The van der Waals surface area contributed by atoms with E-state index in [1.54, 1.807) is 18.2 Å². The van der Waals surface area contributed by atoms with Gasteiger partial charge in [0.1, 0.15) is 12.5 Å². The summed E-state index contributed by atoms with van der Waals surface area (Å²) in [5.74, 6) is -0.144. The molecule has 96 valence electrons. The summed E-state index contributed by atoms with van der Waals surface area (Å²) in [5, 5.41) is 0. The molecule has 0 fully saturated rings. The van der Waals surface area contributed by atoms with E-state index in [2.05, 4.69) is 10.9 Å². The van der Waals surface area contributed by atoms with Crippen LogP contribution < -0.4 is 20.3 Å². The van der Waals surface area contributed by atoms with Crippen LogP contribution in [0.4, 0.5) is 0 Å². The molecule has 1 aliphatic rings. The summed E-state index contributed by atoms with van der Waals surface area (Å²) in [7, 11) is 0. The SMILES string of the molecule is O=C(CCl)NNC(=O)[C@@H]1COc2ccccc2O1. The Morgan fingerprint density at radius 3 is 2.72 bits per heavy atom. The number of hydrogen-bond donors (Lipinski definition) is 2. The topological polar surface area (TPSA) is 76.7 Å². The number of para-hydroxylation sites is 2. The summed E-state index contributed by atoms with van der Waals surface area (Å²) in [6, 6.07) is 7.03. The number of hydrogen-bond acceptors (Lipinski definition) is 4. The second kappa shape index (κ2) is 5.59. The molecule has 0 saturated carbocycles. The van der Waals surface area contributed by atoms with Crippen molar-refractivity contribution in [2.75, 3.05) is 12.5 Å². The summed E-state index contributed by atoms with van der Waals surface area (Å²) in [5.41, 5.74) is 4.35. The van der Waals surface area contributed by atoms with Gasteiger partial charge in [0, 0.05) is 0 Å². The van der Waals surface area contributed by atoms with Crippen molar-refractivity contribution in [1.82, 2.24) is 10.9 Å². The zero-order chi connectivity index (χ0) is 13.0. The van der Waals surface area contributed by atoms with Crippen LogP contribution in [0.25, 0.3) is 0 Å². The molecule has 1 heterocycles.